The Kier molecular flexibility index (Phi) is 3.29. The molecule has 0 atom stereocenters. The Morgan fingerprint density at radius 1 is 1.64 bits per heavy atom. The normalized spacial score (nSPS) is 9.50. The Balaban J connectivity index is 3.09. The first kappa shape index (κ1) is 10.3. The molecule has 1 aromatic rings. The highest BCUT2D eigenvalue weighted by atomic mass is 16.5. The zero-order chi connectivity index (χ0) is 10.6. The third kappa shape index (κ3) is 1.93. The van der Waals surface area contributed by atoms with Gasteiger partial charge < -0.3 is 10.5 Å². The molecule has 0 amide bonds. The van der Waals surface area contributed by atoms with E-state index in [2.05, 4.69) is 6.58 Å². The Bertz CT molecular complexity index is 358. The molecule has 0 fully saturated rings. The van der Waals surface area contributed by atoms with Crippen molar-refractivity contribution in [3.05, 3.63) is 35.9 Å². The fraction of sp³-hybridized carbons (Fsp3) is 0.182. The van der Waals surface area contributed by atoms with Crippen LogP contribution in [0.5, 0.6) is 0 Å². The Hall–Kier alpha value is -1.77. The van der Waals surface area contributed by atoms with Gasteiger partial charge in [-0.25, -0.2) is 4.79 Å². The number of benzene rings is 1. The van der Waals surface area contributed by atoms with Gasteiger partial charge in [0.2, 0.25) is 0 Å². The first-order valence-corrected chi connectivity index (χ1v) is 4.38. The number of nitrogen functional groups attached to an aromatic ring is 1. The number of rotatable bonds is 3. The molecule has 0 aliphatic carbocycles. The zero-order valence-corrected chi connectivity index (χ0v) is 8.12. The van der Waals surface area contributed by atoms with E-state index in [1.807, 2.05) is 0 Å². The minimum Gasteiger partial charge on any atom is -0.462 e. The van der Waals surface area contributed by atoms with Gasteiger partial charge in [-0.15, -0.1) is 0 Å². The summed E-state index contributed by atoms with van der Waals surface area (Å²) in [5, 5.41) is 0. The quantitative estimate of drug-likeness (QED) is 0.588. The molecule has 0 spiro atoms. The van der Waals surface area contributed by atoms with Crippen LogP contribution in [0, 0.1) is 0 Å². The average Bonchev–Trinajstić information content (AvgIpc) is 2.18. The molecule has 14 heavy (non-hydrogen) atoms. The second-order valence-corrected chi connectivity index (χ2v) is 2.73. The van der Waals surface area contributed by atoms with E-state index < -0.39 is 5.97 Å². The SMILES string of the molecule is C=Cc1cccc(C(=O)OCC)c1N. The van der Waals surface area contributed by atoms with E-state index in [9.17, 15) is 4.79 Å². The van der Waals surface area contributed by atoms with Crippen LogP contribution >= 0.6 is 0 Å². The van der Waals surface area contributed by atoms with Crippen molar-refractivity contribution in [1.82, 2.24) is 0 Å². The summed E-state index contributed by atoms with van der Waals surface area (Å²) in [6, 6.07) is 5.19. The van der Waals surface area contributed by atoms with E-state index in [4.69, 9.17) is 10.5 Å². The number of anilines is 1. The third-order valence-electron chi connectivity index (χ3n) is 1.86. The molecule has 0 saturated heterocycles. The highest BCUT2D eigenvalue weighted by Crippen LogP contribution is 2.19. The molecule has 0 aliphatic rings. The van der Waals surface area contributed by atoms with Crippen molar-refractivity contribution in [2.75, 3.05) is 12.3 Å². The fourth-order valence-corrected chi connectivity index (χ4v) is 1.15. The van der Waals surface area contributed by atoms with Crippen molar-refractivity contribution < 1.29 is 9.53 Å². The molecule has 3 heteroatoms. The van der Waals surface area contributed by atoms with Gasteiger partial charge >= 0.3 is 5.97 Å². The lowest BCUT2D eigenvalue weighted by atomic mass is 10.1. The smallest absolute Gasteiger partial charge is 0.340 e. The molecule has 3 nitrogen and oxygen atoms in total. The molecule has 0 heterocycles. The number of carbonyl (C=O) groups excluding carboxylic acids is 1. The van der Waals surface area contributed by atoms with Crippen molar-refractivity contribution in [3.8, 4) is 0 Å². The topological polar surface area (TPSA) is 52.3 Å². The molecule has 0 saturated carbocycles. The van der Waals surface area contributed by atoms with Gasteiger partial charge in [-0.3, -0.25) is 0 Å². The van der Waals surface area contributed by atoms with Crippen LogP contribution in [0.1, 0.15) is 22.8 Å². The van der Waals surface area contributed by atoms with Crippen molar-refractivity contribution >= 4 is 17.7 Å². The maximum Gasteiger partial charge on any atom is 0.340 e. The molecule has 1 rings (SSSR count). The largest absolute Gasteiger partial charge is 0.462 e. The first-order valence-electron chi connectivity index (χ1n) is 4.38. The molecule has 0 aromatic heterocycles. The fourth-order valence-electron chi connectivity index (χ4n) is 1.15. The van der Waals surface area contributed by atoms with Crippen LogP contribution < -0.4 is 5.73 Å². The van der Waals surface area contributed by atoms with Crippen LogP contribution in [0.4, 0.5) is 5.69 Å². The van der Waals surface area contributed by atoms with Gasteiger partial charge in [0.15, 0.2) is 0 Å². The summed E-state index contributed by atoms with van der Waals surface area (Å²) in [7, 11) is 0. The van der Waals surface area contributed by atoms with E-state index in [-0.39, 0.29) is 0 Å². The maximum atomic E-state index is 11.4. The van der Waals surface area contributed by atoms with E-state index in [0.717, 1.165) is 5.56 Å². The summed E-state index contributed by atoms with van der Waals surface area (Å²) >= 11 is 0. The van der Waals surface area contributed by atoms with Crippen LogP contribution in [-0.2, 0) is 4.74 Å². The lowest BCUT2D eigenvalue weighted by Gasteiger charge is -2.07. The molecule has 2 N–H and O–H groups in total. The highest BCUT2D eigenvalue weighted by Gasteiger charge is 2.11. The van der Waals surface area contributed by atoms with Crippen molar-refractivity contribution in [2.24, 2.45) is 0 Å². The highest BCUT2D eigenvalue weighted by molar-refractivity contribution is 5.97. The monoisotopic (exact) mass is 191 g/mol. The summed E-state index contributed by atoms with van der Waals surface area (Å²) < 4.78 is 4.86. The number of nitrogens with two attached hydrogens (primary N) is 1. The predicted octanol–water partition coefficient (Wildman–Crippen LogP) is 2.09. The van der Waals surface area contributed by atoms with E-state index in [1.165, 1.54) is 0 Å². The van der Waals surface area contributed by atoms with Crippen molar-refractivity contribution in [2.45, 2.75) is 6.92 Å². The standard InChI is InChI=1S/C11H13NO2/c1-3-8-6-5-7-9(10(8)12)11(13)14-4-2/h3,5-7H,1,4,12H2,2H3. The van der Waals surface area contributed by atoms with Gasteiger partial charge in [0.1, 0.15) is 0 Å². The van der Waals surface area contributed by atoms with Crippen LogP contribution in [0.3, 0.4) is 0 Å². The van der Waals surface area contributed by atoms with Gasteiger partial charge in [0.25, 0.3) is 0 Å². The molecule has 74 valence electrons. The summed E-state index contributed by atoms with van der Waals surface area (Å²) in [4.78, 5) is 11.4. The van der Waals surface area contributed by atoms with Crippen LogP contribution in [0.15, 0.2) is 24.8 Å². The van der Waals surface area contributed by atoms with Crippen LogP contribution in [0.2, 0.25) is 0 Å². The molecular weight excluding hydrogens is 178 g/mol. The van der Waals surface area contributed by atoms with Gasteiger partial charge in [0.05, 0.1) is 17.9 Å². The first-order chi connectivity index (χ1) is 6.70. The molecule has 0 unspecified atom stereocenters. The summed E-state index contributed by atoms with van der Waals surface area (Å²) in [6.45, 7) is 5.71. The summed E-state index contributed by atoms with van der Waals surface area (Å²) in [5.41, 5.74) is 7.31. The zero-order valence-electron chi connectivity index (χ0n) is 8.12. The summed E-state index contributed by atoms with van der Waals surface area (Å²) in [5.74, 6) is -0.395. The lowest BCUT2D eigenvalue weighted by Crippen LogP contribution is -2.08. The second-order valence-electron chi connectivity index (χ2n) is 2.73. The van der Waals surface area contributed by atoms with Crippen molar-refractivity contribution in [1.29, 1.82) is 0 Å². The number of hydrogen-bond acceptors (Lipinski definition) is 3. The molecule has 0 aliphatic heterocycles. The summed E-state index contributed by atoms with van der Waals surface area (Å²) in [6.07, 6.45) is 1.61. The van der Waals surface area contributed by atoms with Gasteiger partial charge in [0, 0.05) is 0 Å². The average molecular weight is 191 g/mol. The van der Waals surface area contributed by atoms with Gasteiger partial charge in [-0.05, 0) is 18.6 Å². The minimum atomic E-state index is -0.395. The minimum absolute atomic E-state index is 0.344. The number of esters is 1. The molecular formula is C11H13NO2. The number of hydrogen-bond donors (Lipinski definition) is 1. The van der Waals surface area contributed by atoms with Gasteiger partial charge in [-0.2, -0.15) is 0 Å². The number of para-hydroxylation sites is 1. The van der Waals surface area contributed by atoms with E-state index in [1.54, 1.807) is 31.2 Å². The van der Waals surface area contributed by atoms with E-state index in [0.29, 0.717) is 17.9 Å². The predicted molar refractivity (Wildman–Crippen MR) is 56.9 cm³/mol. The number of carbonyl (C=O) groups is 1. The Labute approximate surface area is 83.2 Å². The number of ether oxygens (including phenoxy) is 1. The van der Waals surface area contributed by atoms with Crippen LogP contribution in [-0.4, -0.2) is 12.6 Å². The third-order valence-corrected chi connectivity index (χ3v) is 1.86. The second kappa shape index (κ2) is 4.46. The van der Waals surface area contributed by atoms with Gasteiger partial charge in [-0.1, -0.05) is 24.8 Å². The van der Waals surface area contributed by atoms with Crippen LogP contribution in [0.25, 0.3) is 6.08 Å². The Morgan fingerprint density at radius 3 is 2.93 bits per heavy atom. The molecule has 0 bridgehead atoms. The Morgan fingerprint density at radius 2 is 2.36 bits per heavy atom. The lowest BCUT2D eigenvalue weighted by molar-refractivity contribution is 0.0527. The molecule has 1 aromatic carbocycles. The molecule has 0 radical (unpaired) electrons. The maximum absolute atomic E-state index is 11.4. The van der Waals surface area contributed by atoms with E-state index >= 15 is 0 Å². The van der Waals surface area contributed by atoms with Crippen molar-refractivity contribution in [3.63, 3.8) is 0 Å².